The van der Waals surface area contributed by atoms with Gasteiger partial charge in [-0.3, -0.25) is 19.7 Å². The summed E-state index contributed by atoms with van der Waals surface area (Å²) < 4.78 is 0. The molecule has 0 radical (unpaired) electrons. The van der Waals surface area contributed by atoms with Crippen molar-refractivity contribution in [3.8, 4) is 0 Å². The van der Waals surface area contributed by atoms with E-state index in [1.54, 1.807) is 4.90 Å². The molecule has 2 aliphatic heterocycles. The Labute approximate surface area is 158 Å². The lowest BCUT2D eigenvalue weighted by Gasteiger charge is -2.41. The van der Waals surface area contributed by atoms with Crippen molar-refractivity contribution in [2.45, 2.75) is 51.2 Å². The molecular formula is C20H26N4O3. The predicted octanol–water partition coefficient (Wildman–Crippen LogP) is 0.666. The van der Waals surface area contributed by atoms with E-state index in [1.807, 2.05) is 18.2 Å². The summed E-state index contributed by atoms with van der Waals surface area (Å²) in [5, 5.41) is 5.84. The molecule has 7 heteroatoms. The summed E-state index contributed by atoms with van der Waals surface area (Å²) in [6.45, 7) is 2.80. The second-order valence-electron chi connectivity index (χ2n) is 8.05. The second-order valence-corrected chi connectivity index (χ2v) is 8.05. The molecule has 2 fully saturated rings. The van der Waals surface area contributed by atoms with E-state index in [0.717, 1.165) is 30.8 Å². The number of rotatable bonds is 6. The minimum absolute atomic E-state index is 0.129. The minimum Gasteiger partial charge on any atom is -0.330 e. The van der Waals surface area contributed by atoms with Gasteiger partial charge in [-0.15, -0.1) is 0 Å². The summed E-state index contributed by atoms with van der Waals surface area (Å²) in [4.78, 5) is 37.7. The van der Waals surface area contributed by atoms with Gasteiger partial charge in [0.1, 0.15) is 6.04 Å². The first-order chi connectivity index (χ1) is 13.0. The van der Waals surface area contributed by atoms with Crippen LogP contribution >= 0.6 is 0 Å². The molecule has 27 heavy (non-hydrogen) atoms. The van der Waals surface area contributed by atoms with Crippen molar-refractivity contribution in [2.75, 3.05) is 13.1 Å². The number of nitrogens with zero attached hydrogens (tertiary/aromatic N) is 1. The smallest absolute Gasteiger partial charge is 0.255 e. The highest BCUT2D eigenvalue weighted by molar-refractivity contribution is 6.05. The van der Waals surface area contributed by atoms with Crippen molar-refractivity contribution in [3.05, 3.63) is 34.9 Å². The average Bonchev–Trinajstić information content (AvgIpc) is 2.93. The van der Waals surface area contributed by atoms with Gasteiger partial charge >= 0.3 is 0 Å². The molecule has 144 valence electrons. The van der Waals surface area contributed by atoms with Crippen LogP contribution in [-0.2, 0) is 22.7 Å². The Morgan fingerprint density at radius 1 is 1.26 bits per heavy atom. The van der Waals surface area contributed by atoms with E-state index in [9.17, 15) is 14.4 Å². The lowest BCUT2D eigenvalue weighted by molar-refractivity contribution is -0.136. The summed E-state index contributed by atoms with van der Waals surface area (Å²) in [7, 11) is 0. The van der Waals surface area contributed by atoms with E-state index in [0.29, 0.717) is 18.5 Å². The molecule has 1 aromatic rings. The molecule has 1 unspecified atom stereocenters. The number of fused-ring (bicyclic) bond motifs is 1. The Balaban J connectivity index is 1.40. The van der Waals surface area contributed by atoms with Crippen LogP contribution in [0.2, 0.25) is 0 Å². The van der Waals surface area contributed by atoms with Crippen molar-refractivity contribution in [1.82, 2.24) is 15.5 Å². The van der Waals surface area contributed by atoms with Crippen molar-refractivity contribution < 1.29 is 14.4 Å². The van der Waals surface area contributed by atoms with Crippen LogP contribution in [0.1, 0.15) is 53.6 Å². The van der Waals surface area contributed by atoms with Crippen molar-refractivity contribution in [1.29, 1.82) is 0 Å². The van der Waals surface area contributed by atoms with Crippen molar-refractivity contribution in [3.63, 3.8) is 0 Å². The molecule has 1 saturated carbocycles. The highest BCUT2D eigenvalue weighted by atomic mass is 16.2. The standard InChI is InChI=1S/C20H26N4O3/c21-11-20(6-1-7-20)12-22-9-13-2-3-15-14(8-13)10-24(19(15)27)16-4-5-17(25)23-18(16)26/h2-3,8,16,22H,1,4-7,9-12,21H2,(H,23,25,26). The number of imide groups is 1. The number of hydrogen-bond acceptors (Lipinski definition) is 5. The molecule has 3 aliphatic rings. The van der Waals surface area contributed by atoms with Gasteiger partial charge in [-0.1, -0.05) is 18.6 Å². The van der Waals surface area contributed by atoms with E-state index in [1.165, 1.54) is 19.3 Å². The number of benzene rings is 1. The van der Waals surface area contributed by atoms with Crippen LogP contribution in [0.3, 0.4) is 0 Å². The first-order valence-corrected chi connectivity index (χ1v) is 9.69. The van der Waals surface area contributed by atoms with Gasteiger partial charge in [-0.05, 0) is 48.4 Å². The van der Waals surface area contributed by atoms with Crippen LogP contribution in [0, 0.1) is 5.41 Å². The first-order valence-electron chi connectivity index (χ1n) is 9.69. The summed E-state index contributed by atoms with van der Waals surface area (Å²) >= 11 is 0. The molecule has 0 spiro atoms. The maximum atomic E-state index is 12.7. The van der Waals surface area contributed by atoms with Crippen molar-refractivity contribution >= 4 is 17.7 Å². The van der Waals surface area contributed by atoms with Crippen LogP contribution in [-0.4, -0.2) is 41.8 Å². The number of hydrogen-bond donors (Lipinski definition) is 3. The van der Waals surface area contributed by atoms with Gasteiger partial charge in [0.05, 0.1) is 0 Å². The number of piperidine rings is 1. The topological polar surface area (TPSA) is 105 Å². The van der Waals surface area contributed by atoms with Gasteiger partial charge in [0.25, 0.3) is 5.91 Å². The Hall–Kier alpha value is -2.25. The monoisotopic (exact) mass is 370 g/mol. The molecule has 1 saturated heterocycles. The van der Waals surface area contributed by atoms with E-state index in [4.69, 9.17) is 5.73 Å². The van der Waals surface area contributed by atoms with Crippen LogP contribution in [0.25, 0.3) is 0 Å². The quantitative estimate of drug-likeness (QED) is 0.639. The molecule has 1 aromatic carbocycles. The lowest BCUT2D eigenvalue weighted by Crippen LogP contribution is -2.52. The van der Waals surface area contributed by atoms with Gasteiger partial charge in [0.2, 0.25) is 11.8 Å². The zero-order valence-electron chi connectivity index (χ0n) is 15.4. The average molecular weight is 370 g/mol. The maximum Gasteiger partial charge on any atom is 0.255 e. The molecule has 1 atom stereocenters. The van der Waals surface area contributed by atoms with Gasteiger partial charge in [0.15, 0.2) is 0 Å². The number of nitrogens with two attached hydrogens (primary N) is 1. The third-order valence-corrected chi connectivity index (χ3v) is 6.26. The van der Waals surface area contributed by atoms with Crippen LogP contribution in [0.5, 0.6) is 0 Å². The lowest BCUT2D eigenvalue weighted by atomic mass is 9.69. The molecular weight excluding hydrogens is 344 g/mol. The first kappa shape index (κ1) is 18.1. The third kappa shape index (κ3) is 3.37. The normalized spacial score (nSPS) is 23.8. The maximum absolute atomic E-state index is 12.7. The van der Waals surface area contributed by atoms with Crippen LogP contribution in [0.15, 0.2) is 18.2 Å². The number of amides is 3. The fraction of sp³-hybridized carbons (Fsp3) is 0.550. The molecule has 0 bridgehead atoms. The van der Waals surface area contributed by atoms with E-state index in [-0.39, 0.29) is 29.6 Å². The Morgan fingerprint density at radius 3 is 2.74 bits per heavy atom. The van der Waals surface area contributed by atoms with Gasteiger partial charge in [-0.25, -0.2) is 0 Å². The zero-order valence-corrected chi connectivity index (χ0v) is 15.4. The minimum atomic E-state index is -0.563. The SMILES string of the molecule is NCC1(CNCc2ccc3c(c2)CN(C2CCC(=O)NC2=O)C3=O)CCC1. The van der Waals surface area contributed by atoms with Crippen LogP contribution in [0.4, 0.5) is 0 Å². The zero-order chi connectivity index (χ0) is 19.0. The number of carbonyl (C=O) groups excluding carboxylic acids is 3. The van der Waals surface area contributed by atoms with Crippen molar-refractivity contribution in [2.24, 2.45) is 11.1 Å². The predicted molar refractivity (Wildman–Crippen MR) is 99.5 cm³/mol. The summed E-state index contributed by atoms with van der Waals surface area (Å²) in [5.74, 6) is -0.770. The Bertz CT molecular complexity index is 782. The van der Waals surface area contributed by atoms with Crippen LogP contribution < -0.4 is 16.4 Å². The summed E-state index contributed by atoms with van der Waals surface area (Å²) in [5.41, 5.74) is 8.89. The third-order valence-electron chi connectivity index (χ3n) is 6.26. The number of nitrogens with one attached hydrogen (secondary N) is 2. The Morgan fingerprint density at radius 2 is 2.07 bits per heavy atom. The summed E-state index contributed by atoms with van der Waals surface area (Å²) in [6.07, 6.45) is 4.30. The molecule has 3 amide bonds. The van der Waals surface area contributed by atoms with Gasteiger partial charge in [-0.2, -0.15) is 0 Å². The second kappa shape index (κ2) is 7.05. The van der Waals surface area contributed by atoms with E-state index < -0.39 is 6.04 Å². The molecule has 1 aliphatic carbocycles. The fourth-order valence-corrected chi connectivity index (χ4v) is 4.34. The Kier molecular flexibility index (Phi) is 4.74. The van der Waals surface area contributed by atoms with Gasteiger partial charge < -0.3 is 16.0 Å². The molecule has 4 N–H and O–H groups in total. The largest absolute Gasteiger partial charge is 0.330 e. The van der Waals surface area contributed by atoms with Gasteiger partial charge in [0, 0.05) is 31.6 Å². The highest BCUT2D eigenvalue weighted by Crippen LogP contribution is 2.39. The molecule has 4 rings (SSSR count). The highest BCUT2D eigenvalue weighted by Gasteiger charge is 2.39. The van der Waals surface area contributed by atoms with E-state index in [2.05, 4.69) is 10.6 Å². The molecule has 7 nitrogen and oxygen atoms in total. The summed E-state index contributed by atoms with van der Waals surface area (Å²) in [6, 6.07) is 5.30. The van der Waals surface area contributed by atoms with E-state index >= 15 is 0 Å². The molecule has 0 aromatic heterocycles. The number of carbonyl (C=O) groups is 3. The fourth-order valence-electron chi connectivity index (χ4n) is 4.34. The molecule has 2 heterocycles.